The highest BCUT2D eigenvalue weighted by molar-refractivity contribution is 6.58. The van der Waals surface area contributed by atoms with Gasteiger partial charge in [-0.15, -0.1) is 46.4 Å². The van der Waals surface area contributed by atoms with Gasteiger partial charge in [-0.05, 0) is 0 Å². The number of rotatable bonds is 1. The molecule has 0 bridgehead atoms. The van der Waals surface area contributed by atoms with E-state index in [1.807, 2.05) is 0 Å². The lowest BCUT2D eigenvalue weighted by Crippen LogP contribution is -1.96. The number of halogens is 7. The third kappa shape index (κ3) is 18.6. The van der Waals surface area contributed by atoms with Crippen LogP contribution in [0.5, 0.6) is 0 Å². The summed E-state index contributed by atoms with van der Waals surface area (Å²) in [4.78, 5) is -1.35. The maximum atomic E-state index is 5.11. The van der Waals surface area contributed by atoms with Crippen molar-refractivity contribution < 1.29 is 0 Å². The molecule has 0 N–H and O–H groups in total. The molecule has 0 aliphatic carbocycles. The quantitative estimate of drug-likeness (QED) is 0.591. The lowest BCUT2D eigenvalue weighted by Gasteiger charge is -1.95. The summed E-state index contributed by atoms with van der Waals surface area (Å²) in [6.45, 7) is 0. The van der Waals surface area contributed by atoms with Crippen LogP contribution in [0.15, 0.2) is 10.0 Å². The summed E-state index contributed by atoms with van der Waals surface area (Å²) in [6.07, 6.45) is 0. The molecule has 0 nitrogen and oxygen atoms in total. The van der Waals surface area contributed by atoms with Crippen LogP contribution < -0.4 is 0 Å². The Morgan fingerprint density at radius 2 is 1.09 bits per heavy atom. The molecule has 7 heteroatoms. The predicted molar refractivity (Wildman–Crippen MR) is 56.6 cm³/mol. The molecular weight excluding hydrogens is 296 g/mol. The zero-order valence-electron chi connectivity index (χ0n) is 4.88. The van der Waals surface area contributed by atoms with Crippen molar-refractivity contribution in [3.63, 3.8) is 0 Å². The van der Waals surface area contributed by atoms with Gasteiger partial charge in [0.1, 0.15) is 14.2 Å². The molecule has 0 aromatic heterocycles. The van der Waals surface area contributed by atoms with Gasteiger partial charge in [-0.1, -0.05) is 34.8 Å². The smallest absolute Gasteiger partial charge is 0.102 e. The molecule has 0 aliphatic heterocycles. The van der Waals surface area contributed by atoms with Crippen molar-refractivity contribution in [2.45, 2.75) is 9.67 Å². The normalized spacial score (nSPS) is 9.18. The molecule has 0 aromatic carbocycles. The van der Waals surface area contributed by atoms with E-state index in [4.69, 9.17) is 81.2 Å². The van der Waals surface area contributed by atoms with E-state index in [0.29, 0.717) is 0 Å². The minimum atomic E-state index is -0.673. The highest BCUT2D eigenvalue weighted by Gasteiger charge is 2.06. The molecule has 68 valence electrons. The van der Waals surface area contributed by atoms with Crippen LogP contribution in [0.25, 0.3) is 0 Å². The summed E-state index contributed by atoms with van der Waals surface area (Å²) in [6, 6.07) is 0. The summed E-state index contributed by atoms with van der Waals surface area (Å²) in [5.41, 5.74) is 1.09. The van der Waals surface area contributed by atoms with Crippen molar-refractivity contribution in [3.8, 4) is 0 Å². The van der Waals surface area contributed by atoms with Crippen molar-refractivity contribution in [1.29, 1.82) is 0 Å². The molecule has 0 saturated heterocycles. The van der Waals surface area contributed by atoms with Gasteiger partial charge in [0.2, 0.25) is 0 Å². The minimum Gasteiger partial charge on any atom is -0.102 e. The molecule has 0 rings (SSSR count). The van der Waals surface area contributed by atoms with Gasteiger partial charge in [-0.2, -0.15) is 0 Å². The highest BCUT2D eigenvalue weighted by atomic mass is 35.5. The molecule has 0 amide bonds. The zero-order chi connectivity index (χ0) is 9.44. The van der Waals surface area contributed by atoms with Crippen molar-refractivity contribution in [2.75, 3.05) is 0 Å². The Balaban J connectivity index is 0. The van der Waals surface area contributed by atoms with Crippen molar-refractivity contribution >= 4 is 81.2 Å². The molecule has 0 heterocycles. The van der Waals surface area contributed by atoms with Crippen molar-refractivity contribution in [3.05, 3.63) is 10.0 Å². The fourth-order valence-corrected chi connectivity index (χ4v) is 0. The SMILES string of the molecule is ClC(Cl)C(Cl)Cl.ClC=C(Cl)Cl. The molecule has 0 spiro atoms. The van der Waals surface area contributed by atoms with Gasteiger partial charge >= 0.3 is 0 Å². The van der Waals surface area contributed by atoms with Crippen molar-refractivity contribution in [2.24, 2.45) is 0 Å². The molecule has 0 fully saturated rings. The van der Waals surface area contributed by atoms with E-state index in [0.717, 1.165) is 5.54 Å². The summed E-state index contributed by atoms with van der Waals surface area (Å²) < 4.78 is 0.0895. The van der Waals surface area contributed by atoms with Crippen LogP contribution in [0.1, 0.15) is 0 Å². The van der Waals surface area contributed by atoms with Crippen LogP contribution in [0, 0.1) is 0 Å². The fraction of sp³-hybridized carbons (Fsp3) is 0.500. The predicted octanol–water partition coefficient (Wildman–Crippen LogP) is 5.10. The number of alkyl halides is 4. The average Bonchev–Trinajstić information content (AvgIpc) is 1.89. The molecule has 0 saturated carbocycles. The van der Waals surface area contributed by atoms with Gasteiger partial charge in [0, 0.05) is 5.54 Å². The van der Waals surface area contributed by atoms with E-state index in [9.17, 15) is 0 Å². The molecule has 0 unspecified atom stereocenters. The van der Waals surface area contributed by atoms with E-state index in [1.54, 1.807) is 0 Å². The third-order valence-electron chi connectivity index (χ3n) is 0.273. The lowest BCUT2D eigenvalue weighted by molar-refractivity contribution is 1.29. The first kappa shape index (κ1) is 15.3. The number of hydrogen-bond acceptors (Lipinski definition) is 0. The van der Waals surface area contributed by atoms with Crippen LogP contribution in [0.3, 0.4) is 0 Å². The Bertz CT molecular complexity index is 97.0. The van der Waals surface area contributed by atoms with E-state index >= 15 is 0 Å². The Kier molecular flexibility index (Phi) is 13.7. The fourth-order valence-electron chi connectivity index (χ4n) is 0. The van der Waals surface area contributed by atoms with E-state index in [1.165, 1.54) is 0 Å². The Morgan fingerprint density at radius 3 is 1.09 bits per heavy atom. The van der Waals surface area contributed by atoms with E-state index in [2.05, 4.69) is 0 Å². The molecule has 0 aliphatic rings. The highest BCUT2D eigenvalue weighted by Crippen LogP contribution is 2.16. The monoisotopic (exact) mass is 296 g/mol. The third-order valence-corrected chi connectivity index (χ3v) is 2.46. The topological polar surface area (TPSA) is 0 Å². The first-order chi connectivity index (χ1) is 4.91. The molecular formula is C4H3Cl7. The van der Waals surface area contributed by atoms with Crippen LogP contribution in [0.2, 0.25) is 0 Å². The Labute approximate surface area is 100 Å². The summed E-state index contributed by atoms with van der Waals surface area (Å²) in [5, 5.41) is 0. The van der Waals surface area contributed by atoms with Gasteiger partial charge in [0.15, 0.2) is 0 Å². The van der Waals surface area contributed by atoms with E-state index < -0.39 is 9.67 Å². The van der Waals surface area contributed by atoms with Crippen LogP contribution in [-0.4, -0.2) is 9.67 Å². The second-order valence-electron chi connectivity index (χ2n) is 1.07. The van der Waals surface area contributed by atoms with Gasteiger partial charge in [0.05, 0.1) is 0 Å². The zero-order valence-corrected chi connectivity index (χ0v) is 10.2. The standard InChI is InChI=1S/C2H2Cl4.C2HCl3/c3-1(4)2(5)6;3-1-2(4)5/h1-2H;1H. The van der Waals surface area contributed by atoms with Gasteiger partial charge in [-0.3, -0.25) is 0 Å². The maximum absolute atomic E-state index is 5.11. The lowest BCUT2D eigenvalue weighted by atomic mass is 10.9. The van der Waals surface area contributed by atoms with Gasteiger partial charge < -0.3 is 0 Å². The summed E-state index contributed by atoms with van der Waals surface area (Å²) in [5.74, 6) is 0. The first-order valence-electron chi connectivity index (χ1n) is 2.09. The molecule has 0 aromatic rings. The van der Waals surface area contributed by atoms with Crippen LogP contribution in [-0.2, 0) is 0 Å². The minimum absolute atomic E-state index is 0.0895. The van der Waals surface area contributed by atoms with Crippen LogP contribution >= 0.6 is 81.2 Å². The second-order valence-corrected chi connectivity index (χ2v) is 4.62. The average molecular weight is 299 g/mol. The summed E-state index contributed by atoms with van der Waals surface area (Å²) in [7, 11) is 0. The van der Waals surface area contributed by atoms with Gasteiger partial charge in [0.25, 0.3) is 0 Å². The van der Waals surface area contributed by atoms with Gasteiger partial charge in [-0.25, -0.2) is 0 Å². The molecule has 0 radical (unpaired) electrons. The first-order valence-corrected chi connectivity index (χ1v) is 5.03. The Hall–Kier alpha value is 1.77. The van der Waals surface area contributed by atoms with E-state index in [-0.39, 0.29) is 4.49 Å². The summed E-state index contributed by atoms with van der Waals surface area (Å²) >= 11 is 35.3. The largest absolute Gasteiger partial charge is 0.137 e. The number of hydrogen-bond donors (Lipinski definition) is 0. The molecule has 0 atom stereocenters. The second kappa shape index (κ2) is 9.85. The van der Waals surface area contributed by atoms with Crippen molar-refractivity contribution in [1.82, 2.24) is 0 Å². The maximum Gasteiger partial charge on any atom is 0.137 e. The van der Waals surface area contributed by atoms with Crippen LogP contribution in [0.4, 0.5) is 0 Å². The Morgan fingerprint density at radius 1 is 0.909 bits per heavy atom. The molecule has 11 heavy (non-hydrogen) atoms.